The molecule has 1 saturated heterocycles. The van der Waals surface area contributed by atoms with E-state index < -0.39 is 5.79 Å². The Hall–Kier alpha value is -0.940. The van der Waals surface area contributed by atoms with Gasteiger partial charge >= 0.3 is 0 Å². The first-order valence-electron chi connectivity index (χ1n) is 10.3. The minimum atomic E-state index is -0.773. The van der Waals surface area contributed by atoms with Crippen molar-refractivity contribution in [3.05, 3.63) is 0 Å². The lowest BCUT2D eigenvalue weighted by atomic mass is 9.93. The van der Waals surface area contributed by atoms with Crippen molar-refractivity contribution < 1.29 is 19.1 Å². The van der Waals surface area contributed by atoms with E-state index in [2.05, 4.69) is 12.2 Å². The number of unbranched alkanes of at least 4 members (excludes halogenated alkanes) is 6. The van der Waals surface area contributed by atoms with Crippen molar-refractivity contribution in [2.24, 2.45) is 0 Å². The van der Waals surface area contributed by atoms with Gasteiger partial charge in [-0.3, -0.25) is 9.59 Å². The van der Waals surface area contributed by atoms with Gasteiger partial charge in [-0.1, -0.05) is 51.9 Å². The zero-order valence-electron chi connectivity index (χ0n) is 15.8. The van der Waals surface area contributed by atoms with Gasteiger partial charge in [0, 0.05) is 12.8 Å². The number of nitrogens with one attached hydrogen (secondary N) is 1. The van der Waals surface area contributed by atoms with Crippen LogP contribution in [0.1, 0.15) is 90.4 Å². The molecule has 2 rings (SSSR count). The molecule has 1 atom stereocenters. The number of Topliss-reactive ketones (excluding diaryl/α,β-unsaturated/α-hetero) is 1. The molecule has 25 heavy (non-hydrogen) atoms. The molecule has 0 aromatic carbocycles. The summed E-state index contributed by atoms with van der Waals surface area (Å²) in [5.74, 6) is -0.732. The summed E-state index contributed by atoms with van der Waals surface area (Å²) >= 11 is 0. The van der Waals surface area contributed by atoms with Crippen molar-refractivity contribution in [2.75, 3.05) is 13.2 Å². The van der Waals surface area contributed by atoms with Crippen LogP contribution >= 0.6 is 0 Å². The van der Waals surface area contributed by atoms with Crippen LogP contribution in [0.4, 0.5) is 0 Å². The Morgan fingerprint density at radius 1 is 1.08 bits per heavy atom. The Bertz CT molecular complexity index is 418. The van der Waals surface area contributed by atoms with E-state index in [1.165, 1.54) is 32.1 Å². The Balaban J connectivity index is 1.71. The molecule has 1 amide bonds. The van der Waals surface area contributed by atoms with Crippen molar-refractivity contribution in [3.63, 3.8) is 0 Å². The molecule has 1 aliphatic carbocycles. The number of carbonyl (C=O) groups is 2. The number of ketones is 1. The maximum absolute atomic E-state index is 12.4. The van der Waals surface area contributed by atoms with Crippen LogP contribution in [-0.4, -0.2) is 36.7 Å². The van der Waals surface area contributed by atoms with E-state index >= 15 is 0 Å². The van der Waals surface area contributed by atoms with Gasteiger partial charge in [0.1, 0.15) is 0 Å². The van der Waals surface area contributed by atoms with Gasteiger partial charge in [0.2, 0.25) is 5.91 Å². The Labute approximate surface area is 152 Å². The fourth-order valence-corrected chi connectivity index (χ4v) is 3.81. The highest BCUT2D eigenvalue weighted by molar-refractivity contribution is 5.89. The van der Waals surface area contributed by atoms with Gasteiger partial charge in [0.15, 0.2) is 11.6 Å². The molecule has 0 radical (unpaired) electrons. The smallest absolute Gasteiger partial charge is 0.226 e. The normalized spacial score (nSPS) is 22.9. The first-order chi connectivity index (χ1) is 12.2. The van der Waals surface area contributed by atoms with Gasteiger partial charge in [-0.15, -0.1) is 0 Å². The predicted molar refractivity (Wildman–Crippen MR) is 97.3 cm³/mol. The third-order valence-corrected chi connectivity index (χ3v) is 5.29. The average molecular weight is 354 g/mol. The number of ether oxygens (including phenoxy) is 2. The van der Waals surface area contributed by atoms with Crippen LogP contribution in [0.3, 0.4) is 0 Å². The molecule has 0 aromatic heterocycles. The molecule has 144 valence electrons. The van der Waals surface area contributed by atoms with Crippen molar-refractivity contribution in [1.82, 2.24) is 5.32 Å². The summed E-state index contributed by atoms with van der Waals surface area (Å²) < 4.78 is 11.6. The fraction of sp³-hybridized carbons (Fsp3) is 0.900. The van der Waals surface area contributed by atoms with Crippen molar-refractivity contribution in [2.45, 2.75) is 102 Å². The molecule has 0 spiro atoms. The summed E-state index contributed by atoms with van der Waals surface area (Å²) in [4.78, 5) is 24.3. The topological polar surface area (TPSA) is 64.6 Å². The van der Waals surface area contributed by atoms with Gasteiger partial charge in [-0.05, 0) is 19.3 Å². The molecule has 2 aliphatic rings. The highest BCUT2D eigenvalue weighted by Gasteiger charge is 2.39. The molecule has 0 unspecified atom stereocenters. The summed E-state index contributed by atoms with van der Waals surface area (Å²) in [6, 6.07) is -0.307. The molecular weight excluding hydrogens is 318 g/mol. The molecule has 2 fully saturated rings. The number of carbonyl (C=O) groups excluding carboxylic acids is 2. The van der Waals surface area contributed by atoms with Crippen LogP contribution in [0.15, 0.2) is 0 Å². The SMILES string of the molecule is CCCCCCCCCC1(CC(=O)N[C@H]2CCCCC2=O)OCCO1. The highest BCUT2D eigenvalue weighted by atomic mass is 16.7. The first-order valence-corrected chi connectivity index (χ1v) is 10.3. The highest BCUT2D eigenvalue weighted by Crippen LogP contribution is 2.30. The van der Waals surface area contributed by atoms with Crippen molar-refractivity contribution in [3.8, 4) is 0 Å². The van der Waals surface area contributed by atoms with Crippen LogP contribution < -0.4 is 5.32 Å². The van der Waals surface area contributed by atoms with Gasteiger partial charge < -0.3 is 14.8 Å². The molecule has 1 heterocycles. The summed E-state index contributed by atoms with van der Waals surface area (Å²) in [7, 11) is 0. The van der Waals surface area contributed by atoms with E-state index in [-0.39, 0.29) is 24.2 Å². The van der Waals surface area contributed by atoms with E-state index in [1.54, 1.807) is 0 Å². The third-order valence-electron chi connectivity index (χ3n) is 5.29. The number of amides is 1. The second-order valence-electron chi connectivity index (χ2n) is 7.49. The minimum Gasteiger partial charge on any atom is -0.347 e. The number of hydrogen-bond acceptors (Lipinski definition) is 4. The summed E-state index contributed by atoms with van der Waals surface area (Å²) in [5, 5.41) is 2.90. The molecule has 1 aliphatic heterocycles. The maximum atomic E-state index is 12.4. The van der Waals surface area contributed by atoms with E-state index in [9.17, 15) is 9.59 Å². The average Bonchev–Trinajstić information content (AvgIpc) is 3.04. The van der Waals surface area contributed by atoms with Gasteiger partial charge in [-0.25, -0.2) is 0 Å². The van der Waals surface area contributed by atoms with Gasteiger partial charge in [0.05, 0.1) is 25.7 Å². The number of rotatable bonds is 11. The van der Waals surface area contributed by atoms with Crippen LogP contribution in [0.25, 0.3) is 0 Å². The molecule has 5 nitrogen and oxygen atoms in total. The lowest BCUT2D eigenvalue weighted by Crippen LogP contribution is -2.46. The fourth-order valence-electron chi connectivity index (χ4n) is 3.81. The first kappa shape index (κ1) is 20.4. The quantitative estimate of drug-likeness (QED) is 0.572. The van der Waals surface area contributed by atoms with Crippen molar-refractivity contribution >= 4 is 11.7 Å². The molecule has 1 N–H and O–H groups in total. The predicted octanol–water partition coefficient (Wildman–Crippen LogP) is 3.89. The molecule has 0 bridgehead atoms. The number of hydrogen-bond donors (Lipinski definition) is 1. The van der Waals surface area contributed by atoms with E-state index in [0.29, 0.717) is 19.6 Å². The molecule has 0 aromatic rings. The lowest BCUT2D eigenvalue weighted by molar-refractivity contribution is -0.175. The van der Waals surface area contributed by atoms with E-state index in [1.807, 2.05) is 0 Å². The second-order valence-corrected chi connectivity index (χ2v) is 7.49. The second kappa shape index (κ2) is 10.9. The molecule has 1 saturated carbocycles. The standard InChI is InChI=1S/C20H35NO4/c1-2-3-4-5-6-7-10-13-20(24-14-15-25-20)16-19(23)21-17-11-8-9-12-18(17)22/h17H,2-16H2,1H3,(H,21,23)/t17-/m0/s1. The zero-order valence-corrected chi connectivity index (χ0v) is 15.8. The monoisotopic (exact) mass is 353 g/mol. The van der Waals surface area contributed by atoms with Gasteiger partial charge in [0.25, 0.3) is 0 Å². The van der Waals surface area contributed by atoms with Crippen LogP contribution in [0.2, 0.25) is 0 Å². The Morgan fingerprint density at radius 3 is 2.44 bits per heavy atom. The summed E-state index contributed by atoms with van der Waals surface area (Å²) in [5.41, 5.74) is 0. The third kappa shape index (κ3) is 7.06. The van der Waals surface area contributed by atoms with Crippen LogP contribution in [0.5, 0.6) is 0 Å². The van der Waals surface area contributed by atoms with E-state index in [4.69, 9.17) is 9.47 Å². The van der Waals surface area contributed by atoms with Gasteiger partial charge in [-0.2, -0.15) is 0 Å². The van der Waals surface area contributed by atoms with Crippen LogP contribution in [-0.2, 0) is 19.1 Å². The molecular formula is C20H35NO4. The minimum absolute atomic E-state index is 0.120. The largest absolute Gasteiger partial charge is 0.347 e. The van der Waals surface area contributed by atoms with Crippen molar-refractivity contribution in [1.29, 1.82) is 0 Å². The summed E-state index contributed by atoms with van der Waals surface area (Å²) in [6.07, 6.45) is 12.8. The Morgan fingerprint density at radius 2 is 1.76 bits per heavy atom. The maximum Gasteiger partial charge on any atom is 0.226 e. The van der Waals surface area contributed by atoms with E-state index in [0.717, 1.165) is 38.5 Å². The summed E-state index contributed by atoms with van der Waals surface area (Å²) in [6.45, 7) is 3.32. The Kier molecular flexibility index (Phi) is 8.90. The zero-order chi connectivity index (χ0) is 18.0. The molecule has 5 heteroatoms. The van der Waals surface area contributed by atoms with Crippen LogP contribution in [0, 0.1) is 0 Å². The lowest BCUT2D eigenvalue weighted by Gasteiger charge is -2.28.